The van der Waals surface area contributed by atoms with Crippen LogP contribution < -0.4 is 5.32 Å². The number of ether oxygens (including phenoxy) is 2. The van der Waals surface area contributed by atoms with Crippen molar-refractivity contribution in [2.75, 3.05) is 13.2 Å². The lowest BCUT2D eigenvalue weighted by Gasteiger charge is -2.40. The number of nitrogens with one attached hydrogen (secondary N) is 1. The van der Waals surface area contributed by atoms with E-state index in [1.807, 2.05) is 6.08 Å². The van der Waals surface area contributed by atoms with Gasteiger partial charge in [-0.3, -0.25) is 4.79 Å². The molecule has 0 aromatic rings. The molecule has 66 heavy (non-hydrogen) atoms. The molecule has 0 aromatic carbocycles. The SMILES string of the molecule is CCCCCCCCC/C=C\CCCCCCCC(=O)NC(COC1OC(CO)C(O)C(O)C1O)C(O)/C=C/CC/C=C/CC/C=C/CCCCCCCCCCCCCCCCCCC. The van der Waals surface area contributed by atoms with Gasteiger partial charge in [-0.1, -0.05) is 223 Å². The van der Waals surface area contributed by atoms with E-state index < -0.39 is 49.5 Å². The van der Waals surface area contributed by atoms with Crippen molar-refractivity contribution in [3.05, 3.63) is 48.6 Å². The molecule has 1 amide bonds. The zero-order chi connectivity index (χ0) is 48.0. The minimum Gasteiger partial charge on any atom is -0.394 e. The van der Waals surface area contributed by atoms with Gasteiger partial charge in [-0.25, -0.2) is 0 Å². The van der Waals surface area contributed by atoms with Gasteiger partial charge in [0.2, 0.25) is 5.91 Å². The fourth-order valence-corrected chi connectivity index (χ4v) is 8.65. The fourth-order valence-electron chi connectivity index (χ4n) is 8.65. The van der Waals surface area contributed by atoms with Crippen LogP contribution >= 0.6 is 0 Å². The van der Waals surface area contributed by atoms with Gasteiger partial charge >= 0.3 is 0 Å². The van der Waals surface area contributed by atoms with E-state index in [-0.39, 0.29) is 12.5 Å². The Hall–Kier alpha value is -1.85. The summed E-state index contributed by atoms with van der Waals surface area (Å²) in [6.45, 7) is 3.76. The number of allylic oxidation sites excluding steroid dienone is 7. The number of carbonyl (C=O) groups is 1. The Morgan fingerprint density at radius 2 is 0.864 bits per heavy atom. The third-order valence-electron chi connectivity index (χ3n) is 13.1. The smallest absolute Gasteiger partial charge is 0.220 e. The van der Waals surface area contributed by atoms with Gasteiger partial charge in [0.15, 0.2) is 6.29 Å². The maximum Gasteiger partial charge on any atom is 0.220 e. The van der Waals surface area contributed by atoms with Crippen LogP contribution in [0.4, 0.5) is 0 Å². The Morgan fingerprint density at radius 1 is 0.500 bits per heavy atom. The summed E-state index contributed by atoms with van der Waals surface area (Å²) < 4.78 is 11.2. The van der Waals surface area contributed by atoms with E-state index in [0.29, 0.717) is 6.42 Å². The molecule has 1 heterocycles. The lowest BCUT2D eigenvalue weighted by atomic mass is 9.99. The molecule has 9 heteroatoms. The first-order chi connectivity index (χ1) is 32.3. The van der Waals surface area contributed by atoms with E-state index in [4.69, 9.17) is 9.47 Å². The van der Waals surface area contributed by atoms with Crippen LogP contribution in [0.5, 0.6) is 0 Å². The van der Waals surface area contributed by atoms with Crippen LogP contribution in [0.3, 0.4) is 0 Å². The quantitative estimate of drug-likeness (QED) is 0.0261. The number of amides is 1. The summed E-state index contributed by atoms with van der Waals surface area (Å²) in [6.07, 6.45) is 54.7. The van der Waals surface area contributed by atoms with Crippen LogP contribution in [0, 0.1) is 0 Å². The number of rotatable bonds is 47. The first-order valence-electron chi connectivity index (χ1n) is 27.9. The summed E-state index contributed by atoms with van der Waals surface area (Å²) in [5.74, 6) is -0.199. The highest BCUT2D eigenvalue weighted by Gasteiger charge is 2.44. The van der Waals surface area contributed by atoms with E-state index in [1.165, 1.54) is 167 Å². The third-order valence-corrected chi connectivity index (χ3v) is 13.1. The summed E-state index contributed by atoms with van der Waals surface area (Å²) in [4.78, 5) is 13.0. The fraction of sp³-hybridized carbons (Fsp3) is 0.842. The van der Waals surface area contributed by atoms with E-state index in [0.717, 1.165) is 64.2 Å². The molecule has 1 saturated heterocycles. The molecule has 0 aliphatic carbocycles. The molecular formula is C57H105NO8. The van der Waals surface area contributed by atoms with Crippen molar-refractivity contribution in [3.63, 3.8) is 0 Å². The maximum absolute atomic E-state index is 13.0. The Labute approximate surface area is 405 Å². The predicted molar refractivity (Wildman–Crippen MR) is 276 cm³/mol. The van der Waals surface area contributed by atoms with Crippen molar-refractivity contribution in [2.45, 2.75) is 294 Å². The van der Waals surface area contributed by atoms with Crippen molar-refractivity contribution in [3.8, 4) is 0 Å². The van der Waals surface area contributed by atoms with E-state index in [1.54, 1.807) is 6.08 Å². The van der Waals surface area contributed by atoms with Crippen LogP contribution in [0.1, 0.15) is 251 Å². The van der Waals surface area contributed by atoms with Crippen LogP contribution in [0.2, 0.25) is 0 Å². The van der Waals surface area contributed by atoms with E-state index in [9.17, 15) is 30.3 Å². The Morgan fingerprint density at radius 3 is 1.27 bits per heavy atom. The van der Waals surface area contributed by atoms with Gasteiger partial charge in [0, 0.05) is 6.42 Å². The van der Waals surface area contributed by atoms with Gasteiger partial charge in [-0.2, -0.15) is 0 Å². The van der Waals surface area contributed by atoms with Gasteiger partial charge in [-0.05, 0) is 70.6 Å². The predicted octanol–water partition coefficient (Wildman–Crippen LogP) is 13.3. The van der Waals surface area contributed by atoms with Crippen molar-refractivity contribution < 1.29 is 39.8 Å². The number of hydrogen-bond donors (Lipinski definition) is 6. The van der Waals surface area contributed by atoms with Crippen molar-refractivity contribution in [1.82, 2.24) is 5.32 Å². The topological polar surface area (TPSA) is 149 Å². The molecule has 0 spiro atoms. The first-order valence-corrected chi connectivity index (χ1v) is 27.9. The normalized spacial score (nSPS) is 20.1. The monoisotopic (exact) mass is 932 g/mol. The van der Waals surface area contributed by atoms with E-state index >= 15 is 0 Å². The molecule has 7 unspecified atom stereocenters. The molecule has 0 bridgehead atoms. The number of hydrogen-bond acceptors (Lipinski definition) is 8. The summed E-state index contributed by atoms with van der Waals surface area (Å²) in [5.41, 5.74) is 0. The molecule has 9 nitrogen and oxygen atoms in total. The summed E-state index contributed by atoms with van der Waals surface area (Å²) >= 11 is 0. The maximum atomic E-state index is 13.0. The van der Waals surface area contributed by atoms with E-state index in [2.05, 4.69) is 55.6 Å². The third kappa shape index (κ3) is 36.2. The second-order valence-electron chi connectivity index (χ2n) is 19.4. The molecule has 0 radical (unpaired) electrons. The van der Waals surface area contributed by atoms with Crippen LogP contribution in [0.15, 0.2) is 48.6 Å². The van der Waals surface area contributed by atoms with Crippen molar-refractivity contribution in [1.29, 1.82) is 0 Å². The van der Waals surface area contributed by atoms with Crippen molar-refractivity contribution in [2.24, 2.45) is 0 Å². The Bertz CT molecular complexity index is 1170. The highest BCUT2D eigenvalue weighted by atomic mass is 16.7. The summed E-state index contributed by atoms with van der Waals surface area (Å²) in [7, 11) is 0. The molecule has 1 fully saturated rings. The molecule has 1 rings (SSSR count). The van der Waals surface area contributed by atoms with Gasteiger partial charge in [0.1, 0.15) is 24.4 Å². The average molecular weight is 932 g/mol. The second-order valence-corrected chi connectivity index (χ2v) is 19.4. The zero-order valence-corrected chi connectivity index (χ0v) is 42.7. The average Bonchev–Trinajstić information content (AvgIpc) is 3.32. The highest BCUT2D eigenvalue weighted by molar-refractivity contribution is 5.76. The number of unbranched alkanes of at least 4 members (excludes halogenated alkanes) is 31. The lowest BCUT2D eigenvalue weighted by Crippen LogP contribution is -2.60. The van der Waals surface area contributed by atoms with Gasteiger partial charge in [0.25, 0.3) is 0 Å². The Balaban J connectivity index is 2.28. The molecule has 1 aliphatic rings. The number of aliphatic hydroxyl groups is 5. The summed E-state index contributed by atoms with van der Waals surface area (Å²) in [5, 5.41) is 54.4. The minimum atomic E-state index is -1.58. The standard InChI is InChI=1S/C57H105NO8/c1-3-5-7-9-11-13-15-17-19-21-22-23-24-25-26-27-28-29-30-31-32-34-36-38-40-42-44-46-51(60)50(49-65-57-56(64)55(63)54(62)52(48-59)66-57)58-53(61)47-45-43-41-39-37-35-33-20-18-16-14-12-10-8-6-4-2/h20,30-31,33,36,38,44,46,50-52,54-57,59-60,62-64H,3-19,21-29,32,34-35,37,39-43,45,47-49H2,1-2H3,(H,58,61)/b31-30+,33-20-,38-36+,46-44+. The molecule has 7 atom stereocenters. The molecule has 6 N–H and O–H groups in total. The highest BCUT2D eigenvalue weighted by Crippen LogP contribution is 2.23. The molecule has 386 valence electrons. The first kappa shape index (κ1) is 62.2. The largest absolute Gasteiger partial charge is 0.394 e. The molecule has 0 aromatic heterocycles. The van der Waals surface area contributed by atoms with Crippen molar-refractivity contribution >= 4 is 5.91 Å². The molecular weight excluding hydrogens is 827 g/mol. The van der Waals surface area contributed by atoms with Gasteiger partial charge < -0.3 is 40.3 Å². The number of carbonyl (C=O) groups excluding carboxylic acids is 1. The minimum absolute atomic E-state index is 0.199. The van der Waals surface area contributed by atoms with Crippen LogP contribution in [-0.4, -0.2) is 87.5 Å². The second kappa shape index (κ2) is 46.9. The summed E-state index contributed by atoms with van der Waals surface area (Å²) in [6, 6.07) is -0.833. The molecule has 0 saturated carbocycles. The molecule has 1 aliphatic heterocycles. The van der Waals surface area contributed by atoms with Gasteiger partial charge in [0.05, 0.1) is 25.4 Å². The lowest BCUT2D eigenvalue weighted by molar-refractivity contribution is -0.302. The van der Waals surface area contributed by atoms with Crippen LogP contribution in [-0.2, 0) is 14.3 Å². The zero-order valence-electron chi connectivity index (χ0n) is 42.7. The Kier molecular flexibility index (Phi) is 44.1. The van der Waals surface area contributed by atoms with Crippen LogP contribution in [0.25, 0.3) is 0 Å². The number of aliphatic hydroxyl groups excluding tert-OH is 5. The van der Waals surface area contributed by atoms with Gasteiger partial charge in [-0.15, -0.1) is 0 Å².